The van der Waals surface area contributed by atoms with Gasteiger partial charge < -0.3 is 15.5 Å². The van der Waals surface area contributed by atoms with Crippen molar-refractivity contribution in [2.45, 2.75) is 129 Å². The van der Waals surface area contributed by atoms with E-state index in [1.807, 2.05) is 63.1 Å². The Labute approximate surface area is 199 Å². The lowest BCUT2D eigenvalue weighted by molar-refractivity contribution is -0.142. The van der Waals surface area contributed by atoms with Crippen molar-refractivity contribution < 1.29 is 19.8 Å². The molecule has 0 saturated carbocycles. The van der Waals surface area contributed by atoms with Crippen LogP contribution in [0.25, 0.3) is 0 Å². The SMILES string of the molecule is BBC(NC(O)(CC)CC)C(=O)C(C)(CC)C(CC)(CC)NC(B)C(=O)C(O)(CC)CC. The number of carbonyl (C=O) groups is 2. The van der Waals surface area contributed by atoms with E-state index in [0.717, 1.165) is 0 Å². The highest BCUT2D eigenvalue weighted by atomic mass is 16.3. The lowest BCUT2D eigenvalue weighted by atomic mass is 9.46. The van der Waals surface area contributed by atoms with Gasteiger partial charge in [-0.25, -0.2) is 0 Å². The third-order valence-electron chi connectivity index (χ3n) is 8.37. The summed E-state index contributed by atoms with van der Waals surface area (Å²) in [5.41, 5.74) is -3.83. The Kier molecular flexibility index (Phi) is 12.5. The molecule has 3 unspecified atom stereocenters. The Morgan fingerprint density at radius 2 is 1.28 bits per heavy atom. The summed E-state index contributed by atoms with van der Waals surface area (Å²) in [4.78, 5) is 27.1. The summed E-state index contributed by atoms with van der Waals surface area (Å²) in [6.45, 7) is 15.5. The molecule has 3 atom stereocenters. The summed E-state index contributed by atoms with van der Waals surface area (Å²) in [5, 5.41) is 28.4. The number of aliphatic hydroxyl groups is 2. The van der Waals surface area contributed by atoms with Crippen molar-refractivity contribution in [1.29, 1.82) is 0 Å². The fourth-order valence-corrected chi connectivity index (χ4v) is 5.14. The van der Waals surface area contributed by atoms with E-state index in [9.17, 15) is 19.8 Å². The van der Waals surface area contributed by atoms with Crippen molar-refractivity contribution in [3.8, 4) is 0 Å². The van der Waals surface area contributed by atoms with Crippen LogP contribution in [0.1, 0.15) is 100 Å². The summed E-state index contributed by atoms with van der Waals surface area (Å²) < 4.78 is 0. The van der Waals surface area contributed by atoms with E-state index in [-0.39, 0.29) is 11.6 Å². The van der Waals surface area contributed by atoms with Gasteiger partial charge in [-0.3, -0.25) is 14.9 Å². The van der Waals surface area contributed by atoms with E-state index in [4.69, 9.17) is 0 Å². The normalized spacial score (nSPS) is 16.8. The molecule has 0 amide bonds. The number of nitrogens with one attached hydrogen (secondary N) is 2. The fourth-order valence-electron chi connectivity index (χ4n) is 5.14. The molecule has 0 rings (SSSR count). The molecule has 0 aromatic heterocycles. The zero-order valence-electron chi connectivity index (χ0n) is 22.5. The molecule has 0 aliphatic heterocycles. The van der Waals surface area contributed by atoms with Crippen molar-refractivity contribution in [2.75, 3.05) is 0 Å². The number of carbonyl (C=O) groups excluding carboxylic acids is 2. The van der Waals surface area contributed by atoms with Gasteiger partial charge in [-0.05, 0) is 44.9 Å². The number of ketones is 2. The molecule has 6 nitrogen and oxygen atoms in total. The Morgan fingerprint density at radius 1 is 0.812 bits per heavy atom. The molecule has 0 bridgehead atoms. The number of Topliss-reactive ketones (excluding diaryl/α,β-unsaturated/α-hetero) is 2. The smallest absolute Gasteiger partial charge is 0.172 e. The molecular weight excluding hydrogens is 401 g/mol. The van der Waals surface area contributed by atoms with E-state index in [1.165, 1.54) is 0 Å². The zero-order valence-corrected chi connectivity index (χ0v) is 22.5. The molecule has 0 saturated heterocycles. The minimum atomic E-state index is -1.36. The average molecular weight is 450 g/mol. The highest BCUT2D eigenvalue weighted by Crippen LogP contribution is 2.42. The second-order valence-corrected chi connectivity index (χ2v) is 9.65. The Morgan fingerprint density at radius 3 is 1.59 bits per heavy atom. The van der Waals surface area contributed by atoms with Crippen LogP contribution < -0.4 is 10.6 Å². The van der Waals surface area contributed by atoms with Gasteiger partial charge >= 0.3 is 0 Å². The molecule has 0 aliphatic carbocycles. The van der Waals surface area contributed by atoms with Crippen LogP contribution >= 0.6 is 0 Å². The van der Waals surface area contributed by atoms with E-state index in [1.54, 1.807) is 7.85 Å². The maximum absolute atomic E-state index is 14.0. The summed E-state index contributed by atoms with van der Waals surface area (Å²) in [5.74, 6) is -1.25. The molecular formula is C23H49B3N2O4. The largest absolute Gasteiger partial charge is 0.382 e. The van der Waals surface area contributed by atoms with Gasteiger partial charge in [0.15, 0.2) is 5.78 Å². The van der Waals surface area contributed by atoms with Crippen molar-refractivity contribution in [1.82, 2.24) is 10.6 Å². The Bertz CT molecular complexity index is 608. The van der Waals surface area contributed by atoms with Crippen LogP contribution in [0.5, 0.6) is 0 Å². The first-order valence-corrected chi connectivity index (χ1v) is 12.9. The van der Waals surface area contributed by atoms with Crippen LogP contribution in [0.3, 0.4) is 0 Å². The first kappa shape index (κ1) is 31.4. The maximum atomic E-state index is 14.0. The monoisotopic (exact) mass is 450 g/mol. The van der Waals surface area contributed by atoms with Gasteiger partial charge in [-0.1, -0.05) is 55.4 Å². The van der Waals surface area contributed by atoms with E-state index >= 15 is 0 Å². The second-order valence-electron chi connectivity index (χ2n) is 9.65. The van der Waals surface area contributed by atoms with Crippen molar-refractivity contribution in [3.63, 3.8) is 0 Å². The maximum Gasteiger partial charge on any atom is 0.172 e. The predicted octanol–water partition coefficient (Wildman–Crippen LogP) is 0.609. The number of hydrogen-bond acceptors (Lipinski definition) is 6. The van der Waals surface area contributed by atoms with Crippen LogP contribution in [0, 0.1) is 5.41 Å². The Hall–Kier alpha value is -0.625. The van der Waals surface area contributed by atoms with Crippen LogP contribution in [-0.2, 0) is 9.59 Å². The van der Waals surface area contributed by atoms with Crippen molar-refractivity contribution >= 4 is 34.3 Å². The highest BCUT2D eigenvalue weighted by Gasteiger charge is 2.53. The van der Waals surface area contributed by atoms with Crippen molar-refractivity contribution in [2.24, 2.45) is 5.41 Å². The first-order valence-electron chi connectivity index (χ1n) is 12.9. The van der Waals surface area contributed by atoms with E-state index in [0.29, 0.717) is 52.1 Å². The minimum Gasteiger partial charge on any atom is -0.382 e. The fraction of sp³-hybridized carbons (Fsp3) is 0.913. The van der Waals surface area contributed by atoms with E-state index < -0.39 is 34.2 Å². The van der Waals surface area contributed by atoms with Crippen LogP contribution in [0.2, 0.25) is 0 Å². The summed E-state index contributed by atoms with van der Waals surface area (Å²) >= 11 is 0. The molecule has 0 aromatic rings. The molecule has 0 fully saturated rings. The predicted molar refractivity (Wildman–Crippen MR) is 141 cm³/mol. The van der Waals surface area contributed by atoms with Gasteiger partial charge in [0.05, 0.1) is 7.74 Å². The highest BCUT2D eigenvalue weighted by molar-refractivity contribution is 6.92. The number of hydrogen-bond donors (Lipinski definition) is 4. The third kappa shape index (κ3) is 6.28. The van der Waals surface area contributed by atoms with Crippen LogP contribution in [0.4, 0.5) is 0 Å². The van der Waals surface area contributed by atoms with Gasteiger partial charge in [-0.15, -0.1) is 0 Å². The average Bonchev–Trinajstić information content (AvgIpc) is 2.83. The molecule has 0 radical (unpaired) electrons. The molecule has 9 heteroatoms. The summed E-state index contributed by atoms with van der Waals surface area (Å²) in [6, 6.07) is 0. The molecule has 0 aromatic carbocycles. The third-order valence-corrected chi connectivity index (χ3v) is 8.37. The molecule has 32 heavy (non-hydrogen) atoms. The van der Waals surface area contributed by atoms with Crippen LogP contribution in [-0.4, -0.2) is 73.3 Å². The van der Waals surface area contributed by atoms with Gasteiger partial charge in [0.1, 0.15) is 32.1 Å². The van der Waals surface area contributed by atoms with Crippen LogP contribution in [0.15, 0.2) is 0 Å². The zero-order chi connectivity index (χ0) is 25.4. The Balaban J connectivity index is 6.22. The second kappa shape index (κ2) is 12.7. The van der Waals surface area contributed by atoms with Gasteiger partial charge in [0.25, 0.3) is 0 Å². The molecule has 4 N–H and O–H groups in total. The minimum absolute atomic E-state index is 0.0555. The standard InChI is InChI=1S/C23H49B3N2O4/c1-9-20(8,17(30)19(26-25)28-23(32,14-6)15-7)22(12-4,13-5)27-18(24)16(29)21(31,10-2)11-3/h18-19,26-28,31-32H,9-15,24-25H2,1-8H3. The van der Waals surface area contributed by atoms with Gasteiger partial charge in [-0.2, -0.15) is 0 Å². The lowest BCUT2D eigenvalue weighted by Gasteiger charge is -2.51. The van der Waals surface area contributed by atoms with Gasteiger partial charge in [0.2, 0.25) is 0 Å². The molecule has 0 aliphatic rings. The molecule has 0 spiro atoms. The summed E-state index contributed by atoms with van der Waals surface area (Å²) in [6.07, 6.45) is 3.67. The summed E-state index contributed by atoms with van der Waals surface area (Å²) in [7, 11) is 4.32. The van der Waals surface area contributed by atoms with Gasteiger partial charge in [0, 0.05) is 22.8 Å². The number of rotatable bonds is 17. The first-order chi connectivity index (χ1) is 14.8. The quantitative estimate of drug-likeness (QED) is 0.192. The van der Waals surface area contributed by atoms with E-state index in [2.05, 4.69) is 10.6 Å². The van der Waals surface area contributed by atoms with Crippen molar-refractivity contribution in [3.05, 3.63) is 0 Å². The molecule has 0 heterocycles. The topological polar surface area (TPSA) is 98.7 Å². The lowest BCUT2D eigenvalue weighted by Crippen LogP contribution is -2.68. The molecule has 184 valence electrons.